The summed E-state index contributed by atoms with van der Waals surface area (Å²) in [5.41, 5.74) is 5.67. The summed E-state index contributed by atoms with van der Waals surface area (Å²) in [6, 6.07) is 0. The van der Waals surface area contributed by atoms with E-state index in [1.165, 1.54) is 20.9 Å². The summed E-state index contributed by atoms with van der Waals surface area (Å²) in [7, 11) is 1.36. The van der Waals surface area contributed by atoms with Crippen LogP contribution in [-0.2, 0) is 0 Å². The molecule has 0 bridgehead atoms. The molecule has 1 rings (SSSR count). The van der Waals surface area contributed by atoms with Crippen LogP contribution in [0.2, 0.25) is 5.02 Å². The predicted molar refractivity (Wildman–Crippen MR) is 101 cm³/mol. The number of allylic oxidation sites excluding steroid dienone is 3. The first-order valence-electron chi connectivity index (χ1n) is 7.66. The van der Waals surface area contributed by atoms with E-state index in [9.17, 15) is 17.6 Å². The number of benzene rings is 1. The highest BCUT2D eigenvalue weighted by Gasteiger charge is 2.35. The first-order valence-corrected chi connectivity index (χ1v) is 8.04. The molecule has 0 saturated carbocycles. The number of alkyl halides is 3. The fraction of sp³-hybridized carbons (Fsp3) is 0.316. The van der Waals surface area contributed by atoms with Crippen molar-refractivity contribution in [2.75, 3.05) is 7.05 Å². The number of nitrogens with zero attached hydrogens (tertiary/aromatic N) is 1. The van der Waals surface area contributed by atoms with Crippen molar-refractivity contribution in [3.63, 3.8) is 0 Å². The molecule has 2 nitrogen and oxygen atoms in total. The van der Waals surface area contributed by atoms with E-state index >= 15 is 0 Å². The molecule has 142 valence electrons. The highest BCUT2D eigenvalue weighted by Crippen LogP contribution is 2.38. The monoisotopic (exact) mass is 388 g/mol. The Hall–Kier alpha value is -2.08. The minimum atomic E-state index is -4.72. The first-order chi connectivity index (χ1) is 11.8. The number of amidine groups is 1. The maximum absolute atomic E-state index is 14.8. The predicted octanol–water partition coefficient (Wildman–Crippen LogP) is 6.01. The van der Waals surface area contributed by atoms with Gasteiger partial charge in [-0.05, 0) is 62.1 Å². The van der Waals surface area contributed by atoms with Crippen LogP contribution in [0.4, 0.5) is 17.6 Å². The van der Waals surface area contributed by atoms with Crippen LogP contribution in [0.15, 0.2) is 28.8 Å². The molecule has 1 aromatic carbocycles. The third kappa shape index (κ3) is 4.55. The fourth-order valence-corrected chi connectivity index (χ4v) is 2.93. The summed E-state index contributed by atoms with van der Waals surface area (Å²) in [5, 5.41) is -0.0854. The van der Waals surface area contributed by atoms with Gasteiger partial charge in [-0.1, -0.05) is 23.8 Å². The summed E-state index contributed by atoms with van der Waals surface area (Å²) in [4.78, 5) is 3.61. The SMILES string of the molecule is C=C(C)c1c(C)c(F)c(/C=C(/C(C)=C\C(N)=NC)C(F)(F)F)c(Cl)c1C. The van der Waals surface area contributed by atoms with E-state index in [2.05, 4.69) is 11.6 Å². The molecule has 0 saturated heterocycles. The number of hydrogen-bond acceptors (Lipinski definition) is 1. The van der Waals surface area contributed by atoms with Gasteiger partial charge in [-0.25, -0.2) is 4.39 Å². The van der Waals surface area contributed by atoms with E-state index in [1.54, 1.807) is 13.8 Å². The molecule has 2 N–H and O–H groups in total. The molecule has 7 heteroatoms. The second-order valence-electron chi connectivity index (χ2n) is 5.98. The second-order valence-corrected chi connectivity index (χ2v) is 6.36. The van der Waals surface area contributed by atoms with E-state index < -0.39 is 17.6 Å². The Bertz CT molecular complexity index is 802. The Kier molecular flexibility index (Phi) is 6.82. The number of rotatable bonds is 4. The normalized spacial score (nSPS) is 14.0. The summed E-state index contributed by atoms with van der Waals surface area (Å²) >= 11 is 6.19. The minimum Gasteiger partial charge on any atom is -0.384 e. The maximum Gasteiger partial charge on any atom is 0.416 e. The second kappa shape index (κ2) is 8.08. The molecule has 0 aliphatic heterocycles. The molecule has 26 heavy (non-hydrogen) atoms. The van der Waals surface area contributed by atoms with Crippen LogP contribution < -0.4 is 5.73 Å². The van der Waals surface area contributed by atoms with Crippen molar-refractivity contribution in [2.45, 2.75) is 33.9 Å². The maximum atomic E-state index is 14.8. The first kappa shape index (κ1) is 22.0. The zero-order valence-corrected chi connectivity index (χ0v) is 16.0. The van der Waals surface area contributed by atoms with Gasteiger partial charge in [0.05, 0.1) is 10.6 Å². The van der Waals surface area contributed by atoms with Gasteiger partial charge < -0.3 is 5.73 Å². The lowest BCUT2D eigenvalue weighted by molar-refractivity contribution is -0.0883. The molecule has 0 amide bonds. The van der Waals surface area contributed by atoms with Crippen LogP contribution in [-0.4, -0.2) is 19.1 Å². The van der Waals surface area contributed by atoms with E-state index in [1.807, 2.05) is 0 Å². The quantitative estimate of drug-likeness (QED) is 0.292. The van der Waals surface area contributed by atoms with Gasteiger partial charge in [-0.2, -0.15) is 13.2 Å². The summed E-state index contributed by atoms with van der Waals surface area (Å²) in [6.45, 7) is 9.78. The van der Waals surface area contributed by atoms with Crippen molar-refractivity contribution >= 4 is 29.1 Å². The molecule has 0 atom stereocenters. The number of hydrogen-bond donors (Lipinski definition) is 1. The van der Waals surface area contributed by atoms with Gasteiger partial charge in [-0.3, -0.25) is 4.99 Å². The smallest absolute Gasteiger partial charge is 0.384 e. The van der Waals surface area contributed by atoms with E-state index in [0.29, 0.717) is 22.8 Å². The lowest BCUT2D eigenvalue weighted by Gasteiger charge is -2.18. The van der Waals surface area contributed by atoms with Gasteiger partial charge >= 0.3 is 6.18 Å². The van der Waals surface area contributed by atoms with Crippen LogP contribution >= 0.6 is 11.6 Å². The fourth-order valence-electron chi connectivity index (χ4n) is 2.70. The molecule has 0 radical (unpaired) electrons. The van der Waals surface area contributed by atoms with Gasteiger partial charge in [0, 0.05) is 12.6 Å². The standard InChI is InChI=1S/C19H21ClF4N2/c1-9(2)16-11(4)17(20)13(18(21)12(16)5)8-14(19(22,23)24)10(3)7-15(25)26-6/h7-8H,1H2,2-6H3,(H2,25,26)/b10-7-,14-8-. The molecule has 0 aromatic heterocycles. The van der Waals surface area contributed by atoms with Crippen LogP contribution in [0.25, 0.3) is 11.6 Å². The van der Waals surface area contributed by atoms with Crippen molar-refractivity contribution in [3.05, 3.63) is 56.9 Å². The lowest BCUT2D eigenvalue weighted by Crippen LogP contribution is -2.16. The Morgan fingerprint density at radius 1 is 1.19 bits per heavy atom. The van der Waals surface area contributed by atoms with E-state index in [0.717, 1.165) is 6.08 Å². The zero-order valence-electron chi connectivity index (χ0n) is 15.3. The molecule has 0 unspecified atom stereocenters. The molecule has 0 aliphatic rings. The number of nitrogens with two attached hydrogens (primary N) is 1. The Morgan fingerprint density at radius 2 is 1.73 bits per heavy atom. The van der Waals surface area contributed by atoms with E-state index in [4.69, 9.17) is 17.3 Å². The van der Waals surface area contributed by atoms with Gasteiger partial charge in [0.25, 0.3) is 0 Å². The summed E-state index contributed by atoms with van der Waals surface area (Å²) < 4.78 is 55.3. The average Bonchev–Trinajstić information content (AvgIpc) is 2.51. The average molecular weight is 389 g/mol. The molecule has 0 fully saturated rings. The van der Waals surface area contributed by atoms with Gasteiger partial charge in [0.15, 0.2) is 0 Å². The Morgan fingerprint density at radius 3 is 2.15 bits per heavy atom. The molecular weight excluding hydrogens is 368 g/mol. The molecular formula is C19H21ClF4N2. The Balaban J connectivity index is 3.82. The Labute approximate surface area is 155 Å². The van der Waals surface area contributed by atoms with E-state index in [-0.39, 0.29) is 27.6 Å². The molecule has 0 spiro atoms. The third-order valence-electron chi connectivity index (χ3n) is 3.95. The van der Waals surface area contributed by atoms with Gasteiger partial charge in [0.2, 0.25) is 0 Å². The lowest BCUT2D eigenvalue weighted by atomic mass is 9.92. The summed E-state index contributed by atoms with van der Waals surface area (Å²) in [5.74, 6) is -0.889. The topological polar surface area (TPSA) is 38.4 Å². The van der Waals surface area contributed by atoms with Crippen molar-refractivity contribution in [2.24, 2.45) is 10.7 Å². The van der Waals surface area contributed by atoms with Crippen LogP contribution in [0.1, 0.15) is 36.1 Å². The van der Waals surface area contributed by atoms with Crippen molar-refractivity contribution in [1.82, 2.24) is 0 Å². The highest BCUT2D eigenvalue weighted by molar-refractivity contribution is 6.33. The number of halogens is 5. The van der Waals surface area contributed by atoms with Gasteiger partial charge in [0.1, 0.15) is 11.7 Å². The van der Waals surface area contributed by atoms with Crippen LogP contribution in [0.5, 0.6) is 0 Å². The van der Waals surface area contributed by atoms with Crippen LogP contribution in [0, 0.1) is 19.7 Å². The molecule has 1 aromatic rings. The molecule has 0 heterocycles. The van der Waals surface area contributed by atoms with Gasteiger partial charge in [-0.15, -0.1) is 0 Å². The van der Waals surface area contributed by atoms with Crippen molar-refractivity contribution < 1.29 is 17.6 Å². The zero-order chi connectivity index (χ0) is 20.4. The highest BCUT2D eigenvalue weighted by atomic mass is 35.5. The summed E-state index contributed by atoms with van der Waals surface area (Å²) in [6.07, 6.45) is -2.94. The third-order valence-corrected chi connectivity index (χ3v) is 4.44. The van der Waals surface area contributed by atoms with Crippen LogP contribution in [0.3, 0.4) is 0 Å². The van der Waals surface area contributed by atoms with Crippen molar-refractivity contribution in [3.8, 4) is 0 Å². The van der Waals surface area contributed by atoms with Crippen molar-refractivity contribution in [1.29, 1.82) is 0 Å². The molecule has 0 aliphatic carbocycles. The minimum absolute atomic E-state index is 0.0748. The largest absolute Gasteiger partial charge is 0.416 e. The number of aliphatic imine (C=N–C) groups is 1.